The Hall–Kier alpha value is -2.03. The maximum Gasteiger partial charge on any atom is 0.136 e. The van der Waals surface area contributed by atoms with Gasteiger partial charge in [0.05, 0.1) is 29.6 Å². The number of pyridine rings is 1. The molecule has 23 heavy (non-hydrogen) atoms. The highest BCUT2D eigenvalue weighted by Crippen LogP contribution is 2.30. The number of fused-ring (bicyclic) bond motifs is 1. The van der Waals surface area contributed by atoms with Gasteiger partial charge in [-0.1, -0.05) is 25.6 Å². The van der Waals surface area contributed by atoms with Crippen LogP contribution in [0.4, 0.5) is 5.69 Å². The topological polar surface area (TPSA) is 68.4 Å². The summed E-state index contributed by atoms with van der Waals surface area (Å²) >= 11 is 0. The fourth-order valence-corrected chi connectivity index (χ4v) is 2.74. The molecule has 0 spiro atoms. The Labute approximate surface area is 138 Å². The van der Waals surface area contributed by atoms with Crippen molar-refractivity contribution in [1.82, 2.24) is 4.98 Å². The summed E-state index contributed by atoms with van der Waals surface area (Å²) in [4.78, 5) is 4.51. The van der Waals surface area contributed by atoms with E-state index in [0.717, 1.165) is 16.5 Å². The van der Waals surface area contributed by atoms with Gasteiger partial charge in [-0.15, -0.1) is 5.54 Å². The van der Waals surface area contributed by atoms with Crippen molar-refractivity contribution < 1.29 is 9.84 Å². The van der Waals surface area contributed by atoms with Gasteiger partial charge >= 0.3 is 0 Å². The summed E-state index contributed by atoms with van der Waals surface area (Å²) in [6, 6.07) is 5.62. The van der Waals surface area contributed by atoms with Crippen LogP contribution in [-0.4, -0.2) is 25.3 Å². The van der Waals surface area contributed by atoms with Crippen LogP contribution >= 0.6 is 0 Å². The summed E-state index contributed by atoms with van der Waals surface area (Å²) in [5, 5.41) is 11.1. The molecule has 0 bridgehead atoms. The Morgan fingerprint density at radius 2 is 1.87 bits per heavy atom. The minimum atomic E-state index is -1.48. The lowest BCUT2D eigenvalue weighted by atomic mass is 10.0. The summed E-state index contributed by atoms with van der Waals surface area (Å²) in [7, 11) is 0.142. The van der Waals surface area contributed by atoms with Crippen LogP contribution in [0.15, 0.2) is 18.2 Å². The molecule has 0 fully saturated rings. The van der Waals surface area contributed by atoms with E-state index in [0.29, 0.717) is 17.1 Å². The normalized spacial score (nSPS) is 12.0. The van der Waals surface area contributed by atoms with Crippen molar-refractivity contribution in [2.24, 2.45) is 0 Å². The highest BCUT2D eigenvalue weighted by molar-refractivity contribution is 6.83. The minimum Gasteiger partial charge on any atom is -0.495 e. The van der Waals surface area contributed by atoms with Crippen LogP contribution in [0.25, 0.3) is 10.9 Å². The number of nitrogens with two attached hydrogens (primary N) is 1. The maximum atomic E-state index is 10.2. The highest BCUT2D eigenvalue weighted by atomic mass is 28.3. The van der Waals surface area contributed by atoms with E-state index in [1.165, 1.54) is 0 Å². The molecule has 0 unspecified atom stereocenters. The second-order valence-corrected chi connectivity index (χ2v) is 12.0. The molecule has 4 nitrogen and oxygen atoms in total. The van der Waals surface area contributed by atoms with Gasteiger partial charge in [-0.05, 0) is 26.0 Å². The van der Waals surface area contributed by atoms with E-state index < -0.39 is 13.7 Å². The van der Waals surface area contributed by atoms with Crippen LogP contribution in [0.5, 0.6) is 5.75 Å². The Kier molecular flexibility index (Phi) is 4.42. The molecule has 0 aliphatic rings. The van der Waals surface area contributed by atoms with Crippen molar-refractivity contribution in [2.45, 2.75) is 39.1 Å². The monoisotopic (exact) mass is 328 g/mol. The molecule has 1 heterocycles. The van der Waals surface area contributed by atoms with Gasteiger partial charge in [-0.3, -0.25) is 0 Å². The number of nitrogen functional groups attached to an aromatic ring is 1. The third-order valence-electron chi connectivity index (χ3n) is 3.32. The average molecular weight is 328 g/mol. The fourth-order valence-electron chi connectivity index (χ4n) is 2.23. The number of ether oxygens (including phenoxy) is 1. The molecule has 3 N–H and O–H groups in total. The first-order valence-electron chi connectivity index (χ1n) is 7.55. The smallest absolute Gasteiger partial charge is 0.136 e. The van der Waals surface area contributed by atoms with Crippen molar-refractivity contribution >= 4 is 24.7 Å². The summed E-state index contributed by atoms with van der Waals surface area (Å²) in [5.74, 6) is 3.91. The number of nitrogens with zero attached hydrogens (tertiary/aromatic N) is 1. The van der Waals surface area contributed by atoms with Crippen molar-refractivity contribution in [1.29, 1.82) is 0 Å². The van der Waals surface area contributed by atoms with Crippen molar-refractivity contribution in [3.8, 4) is 17.2 Å². The zero-order chi connectivity index (χ0) is 17.4. The number of rotatable bonds is 2. The Balaban J connectivity index is 2.68. The van der Waals surface area contributed by atoms with E-state index in [9.17, 15) is 5.11 Å². The molecule has 2 aromatic rings. The average Bonchev–Trinajstić information content (AvgIpc) is 2.41. The Morgan fingerprint density at radius 3 is 2.39 bits per heavy atom. The lowest BCUT2D eigenvalue weighted by molar-refractivity contribution is 0.0751. The summed E-state index contributed by atoms with van der Waals surface area (Å²) in [5.41, 5.74) is 10.8. The SMILES string of the molecule is COc1cc2nc(C(C)(C)O)c(N)cc2cc1C#C[Si](C)(C)C. The largest absolute Gasteiger partial charge is 0.495 e. The molecule has 1 aromatic carbocycles. The summed E-state index contributed by atoms with van der Waals surface area (Å²) in [6.07, 6.45) is 0. The number of aromatic nitrogens is 1. The van der Waals surface area contributed by atoms with E-state index in [4.69, 9.17) is 10.5 Å². The van der Waals surface area contributed by atoms with Crippen LogP contribution in [0.2, 0.25) is 19.6 Å². The number of aliphatic hydroxyl groups is 1. The van der Waals surface area contributed by atoms with Gasteiger partial charge in [-0.25, -0.2) is 4.98 Å². The zero-order valence-corrected chi connectivity index (χ0v) is 15.6. The van der Waals surface area contributed by atoms with E-state index in [1.807, 2.05) is 18.2 Å². The second kappa shape index (κ2) is 5.87. The lowest BCUT2D eigenvalue weighted by Crippen LogP contribution is -2.19. The molecule has 0 radical (unpaired) electrons. The van der Waals surface area contributed by atoms with Crippen molar-refractivity contribution in [3.05, 3.63) is 29.5 Å². The minimum absolute atomic E-state index is 0.466. The van der Waals surface area contributed by atoms with E-state index in [-0.39, 0.29) is 0 Å². The van der Waals surface area contributed by atoms with E-state index >= 15 is 0 Å². The predicted octanol–water partition coefficient (Wildman–Crippen LogP) is 3.28. The number of benzene rings is 1. The highest BCUT2D eigenvalue weighted by Gasteiger charge is 2.22. The van der Waals surface area contributed by atoms with E-state index in [2.05, 4.69) is 36.1 Å². The molecule has 2 rings (SSSR count). The Morgan fingerprint density at radius 1 is 1.22 bits per heavy atom. The van der Waals surface area contributed by atoms with Crippen molar-refractivity contribution in [3.63, 3.8) is 0 Å². The van der Waals surface area contributed by atoms with Gasteiger partial charge in [-0.2, -0.15) is 0 Å². The number of anilines is 1. The lowest BCUT2D eigenvalue weighted by Gasteiger charge is -2.19. The maximum absolute atomic E-state index is 10.2. The van der Waals surface area contributed by atoms with Crippen LogP contribution in [0.3, 0.4) is 0 Å². The van der Waals surface area contributed by atoms with Crippen LogP contribution < -0.4 is 10.5 Å². The quantitative estimate of drug-likeness (QED) is 0.656. The first-order valence-corrected chi connectivity index (χ1v) is 11.1. The molecular formula is C18H24N2O2Si. The van der Waals surface area contributed by atoms with Gasteiger partial charge < -0.3 is 15.6 Å². The molecule has 0 aliphatic carbocycles. The molecule has 1 aromatic heterocycles. The molecule has 5 heteroatoms. The number of hydrogen-bond acceptors (Lipinski definition) is 4. The van der Waals surface area contributed by atoms with E-state index in [1.54, 1.807) is 21.0 Å². The third kappa shape index (κ3) is 4.04. The number of hydrogen-bond donors (Lipinski definition) is 2. The molecule has 0 saturated carbocycles. The second-order valence-electron chi connectivity index (χ2n) is 7.23. The number of methoxy groups -OCH3 is 1. The third-order valence-corrected chi connectivity index (χ3v) is 4.19. The predicted molar refractivity (Wildman–Crippen MR) is 98.2 cm³/mol. The molecule has 0 atom stereocenters. The van der Waals surface area contributed by atoms with Gasteiger partial charge in [0.1, 0.15) is 19.4 Å². The van der Waals surface area contributed by atoms with Crippen LogP contribution in [0, 0.1) is 11.5 Å². The molecule has 0 aliphatic heterocycles. The molecular weight excluding hydrogens is 304 g/mol. The molecule has 122 valence electrons. The van der Waals surface area contributed by atoms with Crippen LogP contribution in [0.1, 0.15) is 25.1 Å². The Bertz CT molecular complexity index is 806. The van der Waals surface area contributed by atoms with Crippen LogP contribution in [-0.2, 0) is 5.60 Å². The summed E-state index contributed by atoms with van der Waals surface area (Å²) < 4.78 is 5.45. The van der Waals surface area contributed by atoms with Gasteiger partial charge in [0.15, 0.2) is 0 Å². The van der Waals surface area contributed by atoms with Gasteiger partial charge in [0.25, 0.3) is 0 Å². The van der Waals surface area contributed by atoms with Crippen molar-refractivity contribution in [2.75, 3.05) is 12.8 Å². The molecule has 0 saturated heterocycles. The first-order chi connectivity index (χ1) is 10.5. The summed E-state index contributed by atoms with van der Waals surface area (Å²) in [6.45, 7) is 9.93. The standard InChI is InChI=1S/C18H24N2O2Si/c1-18(2,21)17-14(19)10-13-9-12(7-8-23(4,5)6)16(22-3)11-15(13)20-17/h9-11,21H,19H2,1-6H3. The molecule has 0 amide bonds. The van der Waals surface area contributed by atoms with Gasteiger partial charge in [0, 0.05) is 11.5 Å². The first kappa shape index (κ1) is 17.3. The zero-order valence-electron chi connectivity index (χ0n) is 14.6. The fraction of sp³-hybridized carbons (Fsp3) is 0.389. The van der Waals surface area contributed by atoms with Gasteiger partial charge in [0.2, 0.25) is 0 Å².